The first-order valence-electron chi connectivity index (χ1n) is 2.04. The number of halogens is 2. The van der Waals surface area contributed by atoms with E-state index in [-0.39, 0.29) is 0 Å². The minimum absolute atomic E-state index is 0.536. The van der Waals surface area contributed by atoms with Gasteiger partial charge < -0.3 is 4.57 Å². The molecule has 1 heterocycles. The quantitative estimate of drug-likeness (QED) is 0.633. The molecule has 0 saturated heterocycles. The summed E-state index contributed by atoms with van der Waals surface area (Å²) in [6.07, 6.45) is 1.73. The summed E-state index contributed by atoms with van der Waals surface area (Å²) >= 11 is 7.74. The highest BCUT2D eigenvalue weighted by atomic mass is 127. The maximum Gasteiger partial charge on any atom is 0.203 e. The monoisotopic (exact) mass is 242 g/mol. The molecule has 8 heavy (non-hydrogen) atoms. The molecule has 0 radical (unpaired) electrons. The number of hydrogen-bond donors (Lipinski definition) is 0. The second kappa shape index (κ2) is 2.23. The minimum Gasteiger partial charge on any atom is -0.313 e. The Labute approximate surface area is 66.0 Å². The van der Waals surface area contributed by atoms with E-state index >= 15 is 0 Å². The fourth-order valence-electron chi connectivity index (χ4n) is 0.368. The first-order chi connectivity index (χ1) is 3.72. The number of hydrogen-bond acceptors (Lipinski definition) is 1. The van der Waals surface area contributed by atoms with Crippen LogP contribution in [0.4, 0.5) is 0 Å². The van der Waals surface area contributed by atoms with Crippen LogP contribution in [0.3, 0.4) is 0 Å². The second-order valence-corrected chi connectivity index (χ2v) is 2.85. The predicted molar refractivity (Wildman–Crippen MR) is 40.9 cm³/mol. The van der Waals surface area contributed by atoms with Crippen LogP contribution in [0.25, 0.3) is 0 Å². The fourth-order valence-corrected chi connectivity index (χ4v) is 1.02. The summed E-state index contributed by atoms with van der Waals surface area (Å²) in [6.45, 7) is 0. The SMILES string of the molecule is Cn1c(I)cnc1Cl. The molecule has 0 spiro atoms. The Morgan fingerprint density at radius 1 is 1.88 bits per heavy atom. The van der Waals surface area contributed by atoms with Crippen molar-refractivity contribution < 1.29 is 0 Å². The summed E-state index contributed by atoms with van der Waals surface area (Å²) in [4.78, 5) is 3.84. The van der Waals surface area contributed by atoms with Gasteiger partial charge in [0, 0.05) is 7.05 Å². The van der Waals surface area contributed by atoms with Crippen LogP contribution in [0.2, 0.25) is 5.28 Å². The second-order valence-electron chi connectivity index (χ2n) is 1.41. The Balaban J connectivity index is 3.19. The maximum atomic E-state index is 5.58. The molecular weight excluding hydrogens is 238 g/mol. The number of aromatic nitrogens is 2. The molecule has 0 bridgehead atoms. The zero-order chi connectivity index (χ0) is 6.15. The van der Waals surface area contributed by atoms with Crippen molar-refractivity contribution in [2.45, 2.75) is 0 Å². The van der Waals surface area contributed by atoms with Crippen molar-refractivity contribution in [3.05, 3.63) is 15.2 Å². The van der Waals surface area contributed by atoms with E-state index in [0.29, 0.717) is 5.28 Å². The molecule has 0 fully saturated rings. The molecule has 0 N–H and O–H groups in total. The van der Waals surface area contributed by atoms with E-state index in [2.05, 4.69) is 27.6 Å². The molecule has 0 amide bonds. The average molecular weight is 242 g/mol. The Hall–Kier alpha value is 0.230. The van der Waals surface area contributed by atoms with Gasteiger partial charge in [-0.15, -0.1) is 0 Å². The molecule has 4 heteroatoms. The van der Waals surface area contributed by atoms with Gasteiger partial charge in [-0.05, 0) is 34.2 Å². The van der Waals surface area contributed by atoms with E-state index < -0.39 is 0 Å². The molecule has 0 saturated carbocycles. The van der Waals surface area contributed by atoms with E-state index in [1.807, 2.05) is 11.6 Å². The predicted octanol–water partition coefficient (Wildman–Crippen LogP) is 1.68. The van der Waals surface area contributed by atoms with Crippen molar-refractivity contribution in [3.63, 3.8) is 0 Å². The van der Waals surface area contributed by atoms with Gasteiger partial charge in [-0.1, -0.05) is 0 Å². The van der Waals surface area contributed by atoms with Crippen molar-refractivity contribution in [2.24, 2.45) is 7.05 Å². The molecule has 44 valence electrons. The highest BCUT2D eigenvalue weighted by Gasteiger charge is 1.96. The Morgan fingerprint density at radius 2 is 2.50 bits per heavy atom. The van der Waals surface area contributed by atoms with Crippen LogP contribution < -0.4 is 0 Å². The van der Waals surface area contributed by atoms with Gasteiger partial charge in [0.25, 0.3) is 0 Å². The molecule has 0 atom stereocenters. The lowest BCUT2D eigenvalue weighted by Crippen LogP contribution is -1.88. The van der Waals surface area contributed by atoms with Crippen LogP contribution >= 0.6 is 34.2 Å². The van der Waals surface area contributed by atoms with Crippen molar-refractivity contribution in [2.75, 3.05) is 0 Å². The van der Waals surface area contributed by atoms with Gasteiger partial charge in [0.2, 0.25) is 5.28 Å². The standard InChI is InChI=1S/C4H4ClIN2/c1-8-3(6)2-7-4(8)5/h2H,1H3. The molecule has 1 aromatic rings. The molecule has 0 aromatic carbocycles. The lowest BCUT2D eigenvalue weighted by Gasteiger charge is -1.90. The maximum absolute atomic E-state index is 5.58. The summed E-state index contributed by atoms with van der Waals surface area (Å²) < 4.78 is 2.86. The molecule has 0 aliphatic carbocycles. The Bertz CT molecular complexity index is 176. The Morgan fingerprint density at radius 3 is 2.62 bits per heavy atom. The van der Waals surface area contributed by atoms with E-state index in [1.165, 1.54) is 0 Å². The first-order valence-corrected chi connectivity index (χ1v) is 3.50. The smallest absolute Gasteiger partial charge is 0.203 e. The van der Waals surface area contributed by atoms with E-state index in [1.54, 1.807) is 6.20 Å². The largest absolute Gasteiger partial charge is 0.313 e. The van der Waals surface area contributed by atoms with Gasteiger partial charge in [0.1, 0.15) is 3.70 Å². The molecule has 0 unspecified atom stereocenters. The van der Waals surface area contributed by atoms with Crippen molar-refractivity contribution in [1.82, 2.24) is 9.55 Å². The van der Waals surface area contributed by atoms with Crippen LogP contribution in [-0.4, -0.2) is 9.55 Å². The number of rotatable bonds is 0. The summed E-state index contributed by atoms with van der Waals surface area (Å²) in [5, 5.41) is 0.536. The molecule has 0 aliphatic heterocycles. The summed E-state index contributed by atoms with van der Waals surface area (Å²) in [7, 11) is 1.87. The van der Waals surface area contributed by atoms with Gasteiger partial charge in [0.05, 0.1) is 6.20 Å². The van der Waals surface area contributed by atoms with E-state index in [9.17, 15) is 0 Å². The zero-order valence-electron chi connectivity index (χ0n) is 4.23. The number of imidazole rings is 1. The summed E-state index contributed by atoms with van der Waals surface area (Å²) in [5.74, 6) is 0. The topological polar surface area (TPSA) is 17.8 Å². The molecule has 2 nitrogen and oxygen atoms in total. The third kappa shape index (κ3) is 0.974. The Kier molecular flexibility index (Phi) is 1.77. The van der Waals surface area contributed by atoms with Gasteiger partial charge in [0.15, 0.2) is 0 Å². The van der Waals surface area contributed by atoms with Crippen molar-refractivity contribution >= 4 is 34.2 Å². The molecular formula is C4H4ClIN2. The average Bonchev–Trinajstić information content (AvgIpc) is 1.98. The van der Waals surface area contributed by atoms with Gasteiger partial charge in [-0.2, -0.15) is 0 Å². The normalized spacial score (nSPS) is 9.88. The summed E-state index contributed by atoms with van der Waals surface area (Å²) in [5.41, 5.74) is 0. The van der Waals surface area contributed by atoms with Crippen LogP contribution in [-0.2, 0) is 7.05 Å². The van der Waals surface area contributed by atoms with E-state index in [4.69, 9.17) is 11.6 Å². The highest BCUT2D eigenvalue weighted by molar-refractivity contribution is 14.1. The van der Waals surface area contributed by atoms with Crippen LogP contribution in [0.15, 0.2) is 6.20 Å². The third-order valence-corrected chi connectivity index (χ3v) is 2.23. The third-order valence-electron chi connectivity index (χ3n) is 0.875. The molecule has 0 aliphatic rings. The molecule has 1 aromatic heterocycles. The van der Waals surface area contributed by atoms with Crippen molar-refractivity contribution in [3.8, 4) is 0 Å². The lowest BCUT2D eigenvalue weighted by atomic mass is 10.9. The van der Waals surface area contributed by atoms with Gasteiger partial charge in [-0.25, -0.2) is 4.98 Å². The summed E-state index contributed by atoms with van der Waals surface area (Å²) in [6, 6.07) is 0. The highest BCUT2D eigenvalue weighted by Crippen LogP contribution is 2.09. The number of nitrogens with zero attached hydrogens (tertiary/aromatic N) is 2. The van der Waals surface area contributed by atoms with Crippen LogP contribution in [0.1, 0.15) is 0 Å². The first kappa shape index (κ1) is 6.35. The fraction of sp³-hybridized carbons (Fsp3) is 0.250. The molecule has 1 rings (SSSR count). The van der Waals surface area contributed by atoms with Crippen LogP contribution in [0.5, 0.6) is 0 Å². The van der Waals surface area contributed by atoms with Gasteiger partial charge in [-0.3, -0.25) is 0 Å². The minimum atomic E-state index is 0.536. The van der Waals surface area contributed by atoms with Crippen LogP contribution in [0, 0.1) is 3.70 Å². The van der Waals surface area contributed by atoms with Gasteiger partial charge >= 0.3 is 0 Å². The lowest BCUT2D eigenvalue weighted by molar-refractivity contribution is 0.889. The zero-order valence-corrected chi connectivity index (χ0v) is 7.14. The van der Waals surface area contributed by atoms with Crippen molar-refractivity contribution in [1.29, 1.82) is 0 Å². The van der Waals surface area contributed by atoms with E-state index in [0.717, 1.165) is 3.70 Å².